The van der Waals surface area contributed by atoms with Gasteiger partial charge >= 0.3 is 0 Å². The fraction of sp³-hybridized carbons (Fsp3) is 0.214. The fourth-order valence-corrected chi connectivity index (χ4v) is 1.12. The summed E-state index contributed by atoms with van der Waals surface area (Å²) >= 11 is 0. The predicted molar refractivity (Wildman–Crippen MR) is 71.9 cm³/mol. The Hall–Kier alpha value is -1.67. The SMILES string of the molecule is C=Cc1cc(/C=C/CO)cnc1C=C.CC. The third-order valence-corrected chi connectivity index (χ3v) is 1.80. The summed E-state index contributed by atoms with van der Waals surface area (Å²) in [5, 5.41) is 8.61. The number of rotatable bonds is 4. The Morgan fingerprint density at radius 3 is 2.50 bits per heavy atom. The zero-order valence-electron chi connectivity index (χ0n) is 9.98. The van der Waals surface area contributed by atoms with Crippen molar-refractivity contribution in [1.29, 1.82) is 0 Å². The van der Waals surface area contributed by atoms with Gasteiger partial charge in [0.2, 0.25) is 0 Å². The summed E-state index contributed by atoms with van der Waals surface area (Å²) in [4.78, 5) is 4.20. The van der Waals surface area contributed by atoms with Crippen LogP contribution in [0.3, 0.4) is 0 Å². The Morgan fingerprint density at radius 2 is 2.00 bits per heavy atom. The largest absolute Gasteiger partial charge is 0.392 e. The van der Waals surface area contributed by atoms with Crippen LogP contribution in [0.15, 0.2) is 31.5 Å². The maximum absolute atomic E-state index is 8.61. The van der Waals surface area contributed by atoms with Crippen LogP contribution in [-0.2, 0) is 0 Å². The zero-order chi connectivity index (χ0) is 12.4. The minimum Gasteiger partial charge on any atom is -0.392 e. The molecule has 0 aromatic carbocycles. The number of aromatic nitrogens is 1. The molecule has 0 saturated heterocycles. The Bertz CT molecular complexity index is 367. The molecule has 1 aromatic rings. The van der Waals surface area contributed by atoms with E-state index < -0.39 is 0 Å². The van der Waals surface area contributed by atoms with Crippen LogP contribution in [0.25, 0.3) is 18.2 Å². The van der Waals surface area contributed by atoms with Gasteiger partial charge in [0.05, 0.1) is 12.3 Å². The van der Waals surface area contributed by atoms with Crippen molar-refractivity contribution in [2.45, 2.75) is 13.8 Å². The van der Waals surface area contributed by atoms with Crippen molar-refractivity contribution >= 4 is 18.2 Å². The van der Waals surface area contributed by atoms with E-state index in [1.54, 1.807) is 24.4 Å². The van der Waals surface area contributed by atoms with Crippen molar-refractivity contribution < 1.29 is 5.11 Å². The first-order valence-corrected chi connectivity index (χ1v) is 5.34. The van der Waals surface area contributed by atoms with Crippen molar-refractivity contribution in [2.75, 3.05) is 6.61 Å². The molecule has 0 fully saturated rings. The highest BCUT2D eigenvalue weighted by Crippen LogP contribution is 2.12. The number of nitrogens with zero attached hydrogens (tertiary/aromatic N) is 1. The van der Waals surface area contributed by atoms with Gasteiger partial charge in [0.15, 0.2) is 0 Å². The van der Waals surface area contributed by atoms with Crippen LogP contribution in [0.4, 0.5) is 0 Å². The monoisotopic (exact) mass is 217 g/mol. The van der Waals surface area contributed by atoms with Crippen LogP contribution in [0.1, 0.15) is 30.7 Å². The van der Waals surface area contributed by atoms with Gasteiger partial charge < -0.3 is 5.11 Å². The molecule has 1 rings (SSSR count). The van der Waals surface area contributed by atoms with Crippen LogP contribution < -0.4 is 0 Å². The highest BCUT2D eigenvalue weighted by atomic mass is 16.2. The summed E-state index contributed by atoms with van der Waals surface area (Å²) in [7, 11) is 0. The van der Waals surface area contributed by atoms with Crippen LogP contribution in [0.2, 0.25) is 0 Å². The lowest BCUT2D eigenvalue weighted by atomic mass is 10.1. The minimum atomic E-state index is 0.0344. The van der Waals surface area contributed by atoms with E-state index in [2.05, 4.69) is 18.1 Å². The van der Waals surface area contributed by atoms with Crippen molar-refractivity contribution in [3.8, 4) is 0 Å². The highest BCUT2D eigenvalue weighted by molar-refractivity contribution is 5.64. The van der Waals surface area contributed by atoms with Crippen LogP contribution in [-0.4, -0.2) is 16.7 Å². The van der Waals surface area contributed by atoms with E-state index in [-0.39, 0.29) is 6.61 Å². The van der Waals surface area contributed by atoms with Gasteiger partial charge in [0, 0.05) is 11.8 Å². The standard InChI is InChI=1S/C12H13NO.C2H6/c1-3-11-8-10(6-5-7-14)9-13-12(11)4-2;1-2/h3-6,8-9,14H,1-2,7H2;1-2H3/b6-5+;. The van der Waals surface area contributed by atoms with Gasteiger partial charge in [-0.15, -0.1) is 0 Å². The van der Waals surface area contributed by atoms with E-state index in [9.17, 15) is 0 Å². The first-order chi connectivity index (χ1) is 7.81. The molecule has 1 heterocycles. The summed E-state index contributed by atoms with van der Waals surface area (Å²) in [6.45, 7) is 11.4. The average Bonchev–Trinajstić information content (AvgIpc) is 2.38. The molecule has 0 bridgehead atoms. The van der Waals surface area contributed by atoms with E-state index in [4.69, 9.17) is 5.11 Å². The number of hydrogen-bond donors (Lipinski definition) is 1. The molecule has 0 atom stereocenters. The average molecular weight is 217 g/mol. The van der Waals surface area contributed by atoms with E-state index in [1.165, 1.54) is 0 Å². The molecule has 0 saturated carbocycles. The molecule has 0 aliphatic heterocycles. The topological polar surface area (TPSA) is 33.1 Å². The van der Waals surface area contributed by atoms with Gasteiger partial charge in [-0.2, -0.15) is 0 Å². The van der Waals surface area contributed by atoms with Crippen LogP contribution in [0, 0.1) is 0 Å². The van der Waals surface area contributed by atoms with Gasteiger partial charge in [-0.05, 0) is 17.7 Å². The van der Waals surface area contributed by atoms with Crippen molar-refractivity contribution in [1.82, 2.24) is 4.98 Å². The number of aliphatic hydroxyl groups excluding tert-OH is 1. The molecule has 1 N–H and O–H groups in total. The molecule has 0 amide bonds. The lowest BCUT2D eigenvalue weighted by Gasteiger charge is -2.00. The van der Waals surface area contributed by atoms with Crippen LogP contribution >= 0.6 is 0 Å². The molecule has 2 heteroatoms. The number of hydrogen-bond acceptors (Lipinski definition) is 2. The van der Waals surface area contributed by atoms with Gasteiger partial charge in [0.25, 0.3) is 0 Å². The van der Waals surface area contributed by atoms with E-state index in [0.29, 0.717) is 0 Å². The van der Waals surface area contributed by atoms with E-state index >= 15 is 0 Å². The Kier molecular flexibility index (Phi) is 7.72. The van der Waals surface area contributed by atoms with E-state index in [0.717, 1.165) is 16.8 Å². The Labute approximate surface area is 97.7 Å². The maximum Gasteiger partial charge on any atom is 0.0696 e. The second kappa shape index (κ2) is 8.62. The molecule has 2 nitrogen and oxygen atoms in total. The van der Waals surface area contributed by atoms with Crippen molar-refractivity contribution in [3.05, 3.63) is 48.3 Å². The maximum atomic E-state index is 8.61. The Balaban J connectivity index is 0.00000106. The number of aliphatic hydroxyl groups is 1. The smallest absolute Gasteiger partial charge is 0.0696 e. The van der Waals surface area contributed by atoms with Crippen LogP contribution in [0.5, 0.6) is 0 Å². The Morgan fingerprint density at radius 1 is 1.31 bits per heavy atom. The first-order valence-electron chi connectivity index (χ1n) is 5.34. The summed E-state index contributed by atoms with van der Waals surface area (Å²) in [5.74, 6) is 0. The third kappa shape index (κ3) is 4.24. The van der Waals surface area contributed by atoms with Gasteiger partial charge in [-0.1, -0.05) is 45.2 Å². The predicted octanol–water partition coefficient (Wildman–Crippen LogP) is 3.40. The summed E-state index contributed by atoms with van der Waals surface area (Å²) in [6, 6.07) is 1.95. The lowest BCUT2D eigenvalue weighted by molar-refractivity contribution is 0.343. The summed E-state index contributed by atoms with van der Waals surface area (Å²) in [5.41, 5.74) is 2.71. The molecule has 86 valence electrons. The van der Waals surface area contributed by atoms with Gasteiger partial charge in [-0.25, -0.2) is 0 Å². The summed E-state index contributed by atoms with van der Waals surface area (Å²) < 4.78 is 0. The molecule has 0 aliphatic carbocycles. The molecule has 0 spiro atoms. The third-order valence-electron chi connectivity index (χ3n) is 1.80. The normalized spacial score (nSPS) is 9.44. The van der Waals surface area contributed by atoms with Gasteiger partial charge in [0.1, 0.15) is 0 Å². The second-order valence-electron chi connectivity index (χ2n) is 2.74. The number of pyridine rings is 1. The minimum absolute atomic E-state index is 0.0344. The summed E-state index contributed by atoms with van der Waals surface area (Å²) in [6.07, 6.45) is 8.64. The molecular formula is C14H19NO. The fourth-order valence-electron chi connectivity index (χ4n) is 1.12. The van der Waals surface area contributed by atoms with Gasteiger partial charge in [-0.3, -0.25) is 4.98 Å². The molecule has 0 unspecified atom stereocenters. The molecule has 0 aliphatic rings. The second-order valence-corrected chi connectivity index (χ2v) is 2.74. The van der Waals surface area contributed by atoms with E-state index in [1.807, 2.05) is 26.0 Å². The first kappa shape index (κ1) is 14.3. The highest BCUT2D eigenvalue weighted by Gasteiger charge is 1.96. The lowest BCUT2D eigenvalue weighted by Crippen LogP contribution is -1.87. The van der Waals surface area contributed by atoms with Crippen molar-refractivity contribution in [2.24, 2.45) is 0 Å². The quantitative estimate of drug-likeness (QED) is 0.838. The molecule has 0 radical (unpaired) electrons. The molecule has 16 heavy (non-hydrogen) atoms. The molecule has 1 aromatic heterocycles. The van der Waals surface area contributed by atoms with Crippen molar-refractivity contribution in [3.63, 3.8) is 0 Å². The zero-order valence-corrected chi connectivity index (χ0v) is 9.98. The molecular weight excluding hydrogens is 198 g/mol.